The fourth-order valence-corrected chi connectivity index (χ4v) is 2.40. The summed E-state index contributed by atoms with van der Waals surface area (Å²) in [5, 5.41) is 0. The van der Waals surface area contributed by atoms with E-state index in [2.05, 4.69) is 20.9 Å². The Morgan fingerprint density at radius 2 is 2.06 bits per heavy atom. The van der Waals surface area contributed by atoms with Crippen LogP contribution in [0, 0.1) is 12.7 Å². The zero-order valence-electron chi connectivity index (χ0n) is 9.32. The molecule has 0 radical (unpaired) electrons. The van der Waals surface area contributed by atoms with Crippen molar-refractivity contribution in [3.05, 3.63) is 63.6 Å². The van der Waals surface area contributed by atoms with Crippen molar-refractivity contribution in [2.75, 3.05) is 0 Å². The van der Waals surface area contributed by atoms with Crippen molar-refractivity contribution in [2.24, 2.45) is 5.73 Å². The smallest absolute Gasteiger partial charge is 0.141 e. The van der Waals surface area contributed by atoms with Crippen LogP contribution < -0.4 is 5.73 Å². The van der Waals surface area contributed by atoms with Crippen molar-refractivity contribution < 1.29 is 4.39 Å². The molecule has 17 heavy (non-hydrogen) atoms. The van der Waals surface area contributed by atoms with Gasteiger partial charge in [-0.25, -0.2) is 4.39 Å². The predicted molar refractivity (Wildman–Crippen MR) is 69.1 cm³/mol. The van der Waals surface area contributed by atoms with E-state index in [9.17, 15) is 4.39 Å². The molecule has 1 aromatic carbocycles. The van der Waals surface area contributed by atoms with Gasteiger partial charge in [-0.05, 0) is 35.7 Å². The Labute approximate surface area is 108 Å². The molecular formula is C13H12BrFN2. The van der Waals surface area contributed by atoms with Crippen LogP contribution in [0.4, 0.5) is 4.39 Å². The lowest BCUT2D eigenvalue weighted by molar-refractivity contribution is 0.616. The van der Waals surface area contributed by atoms with Gasteiger partial charge in [0.2, 0.25) is 0 Å². The molecule has 2 rings (SSSR count). The van der Waals surface area contributed by atoms with E-state index in [0.717, 1.165) is 15.6 Å². The molecule has 1 atom stereocenters. The standard InChI is InChI=1S/C13H12BrFN2/c1-8-2-3-11(12(14)4-8)13(16)9-5-10(15)7-17-6-9/h2-7,13H,16H2,1H3. The van der Waals surface area contributed by atoms with Gasteiger partial charge >= 0.3 is 0 Å². The van der Waals surface area contributed by atoms with Crippen molar-refractivity contribution in [2.45, 2.75) is 13.0 Å². The van der Waals surface area contributed by atoms with E-state index >= 15 is 0 Å². The summed E-state index contributed by atoms with van der Waals surface area (Å²) in [4.78, 5) is 3.81. The van der Waals surface area contributed by atoms with E-state index in [4.69, 9.17) is 5.73 Å². The van der Waals surface area contributed by atoms with Crippen molar-refractivity contribution in [3.8, 4) is 0 Å². The number of aryl methyl sites for hydroxylation is 1. The Kier molecular flexibility index (Phi) is 3.54. The highest BCUT2D eigenvalue weighted by atomic mass is 79.9. The monoisotopic (exact) mass is 294 g/mol. The molecule has 0 saturated heterocycles. The number of nitrogens with two attached hydrogens (primary N) is 1. The van der Waals surface area contributed by atoms with Gasteiger partial charge in [-0.3, -0.25) is 4.98 Å². The molecular weight excluding hydrogens is 283 g/mol. The summed E-state index contributed by atoms with van der Waals surface area (Å²) < 4.78 is 14.0. The van der Waals surface area contributed by atoms with Gasteiger partial charge in [0, 0.05) is 10.7 Å². The number of halogens is 2. The Morgan fingerprint density at radius 3 is 2.71 bits per heavy atom. The average Bonchev–Trinajstić information content (AvgIpc) is 2.28. The van der Waals surface area contributed by atoms with Gasteiger partial charge in [-0.15, -0.1) is 0 Å². The van der Waals surface area contributed by atoms with Gasteiger partial charge in [0.25, 0.3) is 0 Å². The highest BCUT2D eigenvalue weighted by Crippen LogP contribution is 2.27. The van der Waals surface area contributed by atoms with Crippen LogP contribution >= 0.6 is 15.9 Å². The molecule has 0 spiro atoms. The molecule has 1 unspecified atom stereocenters. The molecule has 0 fully saturated rings. The minimum Gasteiger partial charge on any atom is -0.320 e. The maximum absolute atomic E-state index is 13.1. The van der Waals surface area contributed by atoms with Gasteiger partial charge in [-0.1, -0.05) is 28.1 Å². The van der Waals surface area contributed by atoms with Gasteiger partial charge in [-0.2, -0.15) is 0 Å². The fourth-order valence-electron chi connectivity index (χ4n) is 1.66. The first-order valence-corrected chi connectivity index (χ1v) is 5.99. The van der Waals surface area contributed by atoms with Crippen LogP contribution in [0.25, 0.3) is 0 Å². The maximum atomic E-state index is 13.1. The second kappa shape index (κ2) is 4.94. The van der Waals surface area contributed by atoms with Crippen LogP contribution in [0.3, 0.4) is 0 Å². The molecule has 2 nitrogen and oxygen atoms in total. The molecule has 1 aromatic heterocycles. The summed E-state index contributed by atoms with van der Waals surface area (Å²) in [7, 11) is 0. The molecule has 2 aromatic rings. The van der Waals surface area contributed by atoms with Crippen LogP contribution in [-0.4, -0.2) is 4.98 Å². The Bertz CT molecular complexity index is 543. The lowest BCUT2D eigenvalue weighted by atomic mass is 10.0. The summed E-state index contributed by atoms with van der Waals surface area (Å²) in [6.07, 6.45) is 2.75. The van der Waals surface area contributed by atoms with Crippen molar-refractivity contribution in [1.82, 2.24) is 4.98 Å². The maximum Gasteiger partial charge on any atom is 0.141 e. The topological polar surface area (TPSA) is 38.9 Å². The van der Waals surface area contributed by atoms with Crippen LogP contribution in [0.5, 0.6) is 0 Å². The highest BCUT2D eigenvalue weighted by molar-refractivity contribution is 9.10. The molecule has 0 aliphatic rings. The highest BCUT2D eigenvalue weighted by Gasteiger charge is 2.13. The fraction of sp³-hybridized carbons (Fsp3) is 0.154. The SMILES string of the molecule is Cc1ccc(C(N)c2cncc(F)c2)c(Br)c1. The first-order chi connectivity index (χ1) is 8.08. The third-order valence-corrected chi connectivity index (χ3v) is 3.26. The largest absolute Gasteiger partial charge is 0.320 e. The lowest BCUT2D eigenvalue weighted by Crippen LogP contribution is -2.13. The minimum absolute atomic E-state index is 0.374. The average molecular weight is 295 g/mol. The minimum atomic E-state index is -0.381. The summed E-state index contributed by atoms with van der Waals surface area (Å²) in [6, 6.07) is 6.93. The van der Waals surface area contributed by atoms with Crippen LogP contribution in [0.15, 0.2) is 41.1 Å². The molecule has 0 aliphatic heterocycles. The van der Waals surface area contributed by atoms with E-state index in [1.807, 2.05) is 25.1 Å². The van der Waals surface area contributed by atoms with E-state index in [-0.39, 0.29) is 11.9 Å². The predicted octanol–water partition coefficient (Wildman–Crippen LogP) is 3.34. The van der Waals surface area contributed by atoms with Gasteiger partial charge in [0.15, 0.2) is 0 Å². The number of benzene rings is 1. The molecule has 1 heterocycles. The first-order valence-electron chi connectivity index (χ1n) is 5.20. The Hall–Kier alpha value is -1.26. The third-order valence-electron chi connectivity index (χ3n) is 2.58. The molecule has 4 heteroatoms. The summed E-state index contributed by atoms with van der Waals surface area (Å²) in [5.41, 5.74) is 8.82. The van der Waals surface area contributed by atoms with Crippen LogP contribution in [0.1, 0.15) is 22.7 Å². The summed E-state index contributed by atoms with van der Waals surface area (Å²) in [5.74, 6) is -0.374. The quantitative estimate of drug-likeness (QED) is 0.923. The molecule has 0 bridgehead atoms. The van der Waals surface area contributed by atoms with Crippen molar-refractivity contribution >= 4 is 15.9 Å². The zero-order chi connectivity index (χ0) is 12.4. The normalized spacial score (nSPS) is 12.5. The zero-order valence-corrected chi connectivity index (χ0v) is 10.9. The van der Waals surface area contributed by atoms with E-state index in [1.165, 1.54) is 12.3 Å². The number of hydrogen-bond acceptors (Lipinski definition) is 2. The summed E-state index contributed by atoms with van der Waals surface area (Å²) >= 11 is 3.47. The van der Waals surface area contributed by atoms with Gasteiger partial charge < -0.3 is 5.73 Å². The van der Waals surface area contributed by atoms with Crippen molar-refractivity contribution in [1.29, 1.82) is 0 Å². The van der Waals surface area contributed by atoms with E-state index in [0.29, 0.717) is 5.56 Å². The lowest BCUT2D eigenvalue weighted by Gasteiger charge is -2.14. The molecule has 88 valence electrons. The molecule has 0 amide bonds. The molecule has 0 aliphatic carbocycles. The number of pyridine rings is 1. The third kappa shape index (κ3) is 2.70. The van der Waals surface area contributed by atoms with Gasteiger partial charge in [0.1, 0.15) is 5.82 Å². The Balaban J connectivity index is 2.40. The second-order valence-electron chi connectivity index (χ2n) is 3.94. The number of nitrogens with zero attached hydrogens (tertiary/aromatic N) is 1. The first kappa shape index (κ1) is 12.2. The second-order valence-corrected chi connectivity index (χ2v) is 4.79. The number of rotatable bonds is 2. The van der Waals surface area contributed by atoms with Crippen LogP contribution in [0.2, 0.25) is 0 Å². The van der Waals surface area contributed by atoms with E-state index in [1.54, 1.807) is 6.20 Å². The van der Waals surface area contributed by atoms with E-state index < -0.39 is 0 Å². The molecule has 0 saturated carbocycles. The Morgan fingerprint density at radius 1 is 1.29 bits per heavy atom. The van der Waals surface area contributed by atoms with Crippen LogP contribution in [-0.2, 0) is 0 Å². The number of hydrogen-bond donors (Lipinski definition) is 1. The molecule has 2 N–H and O–H groups in total. The van der Waals surface area contributed by atoms with Crippen molar-refractivity contribution in [3.63, 3.8) is 0 Å². The summed E-state index contributed by atoms with van der Waals surface area (Å²) in [6.45, 7) is 2.00. The van der Waals surface area contributed by atoms with Gasteiger partial charge in [0.05, 0.1) is 12.2 Å². The number of aromatic nitrogens is 1.